The third-order valence-corrected chi connectivity index (χ3v) is 4.88. The Morgan fingerprint density at radius 3 is 2.78 bits per heavy atom. The highest BCUT2D eigenvalue weighted by Gasteiger charge is 2.15. The molecule has 128 valence electrons. The van der Waals surface area contributed by atoms with Crippen LogP contribution < -0.4 is 0 Å². The number of allylic oxidation sites excluding steroid dienone is 6. The highest BCUT2D eigenvalue weighted by atomic mass is 15.0. The fraction of sp³-hybridized carbons (Fsp3) is 0.0833. The smallest absolute Gasteiger partial charge is 0.164 e. The van der Waals surface area contributed by atoms with Gasteiger partial charge >= 0.3 is 0 Å². The Kier molecular flexibility index (Phi) is 3.86. The molecule has 3 nitrogen and oxygen atoms in total. The average Bonchev–Trinajstić information content (AvgIpc) is 3.00. The Bertz CT molecular complexity index is 1210. The molecular formula is C24H17N3. The summed E-state index contributed by atoms with van der Waals surface area (Å²) in [4.78, 5) is 13.7. The summed E-state index contributed by atoms with van der Waals surface area (Å²) >= 11 is 0. The van der Waals surface area contributed by atoms with Crippen molar-refractivity contribution in [3.8, 4) is 11.4 Å². The Balaban J connectivity index is 1.75. The molecule has 2 aliphatic rings. The first-order chi connectivity index (χ1) is 13.4. The van der Waals surface area contributed by atoms with Gasteiger partial charge < -0.3 is 0 Å². The summed E-state index contributed by atoms with van der Waals surface area (Å²) in [6.45, 7) is 0. The molecule has 3 aromatic rings. The quantitative estimate of drug-likeness (QED) is 0.565. The van der Waals surface area contributed by atoms with Gasteiger partial charge in [-0.3, -0.25) is 0 Å². The first-order valence-corrected chi connectivity index (χ1v) is 9.11. The molecule has 0 unspecified atom stereocenters. The summed E-state index contributed by atoms with van der Waals surface area (Å²) in [5.74, 6) is 1.41. The van der Waals surface area contributed by atoms with E-state index in [2.05, 4.69) is 70.3 Å². The van der Waals surface area contributed by atoms with Crippen molar-refractivity contribution in [3.63, 3.8) is 0 Å². The Morgan fingerprint density at radius 2 is 1.85 bits per heavy atom. The van der Waals surface area contributed by atoms with Gasteiger partial charge in [0, 0.05) is 16.7 Å². The van der Waals surface area contributed by atoms with E-state index >= 15 is 0 Å². The van der Waals surface area contributed by atoms with E-state index in [0.29, 0.717) is 5.82 Å². The molecule has 27 heavy (non-hydrogen) atoms. The fourth-order valence-corrected chi connectivity index (χ4v) is 3.59. The van der Waals surface area contributed by atoms with Crippen LogP contribution in [0, 0.1) is 0 Å². The molecule has 2 aromatic carbocycles. The molecular weight excluding hydrogens is 330 g/mol. The van der Waals surface area contributed by atoms with Crippen molar-refractivity contribution in [2.45, 2.75) is 12.8 Å². The minimum Gasteiger partial charge on any atom is -0.217 e. The predicted molar refractivity (Wildman–Crippen MR) is 111 cm³/mol. The zero-order valence-corrected chi connectivity index (χ0v) is 14.8. The minimum absolute atomic E-state index is 0.690. The van der Waals surface area contributed by atoms with Crippen molar-refractivity contribution in [1.29, 1.82) is 0 Å². The molecule has 0 saturated carbocycles. The topological polar surface area (TPSA) is 38.7 Å². The van der Waals surface area contributed by atoms with E-state index in [1.807, 2.05) is 18.2 Å². The summed E-state index contributed by atoms with van der Waals surface area (Å²) in [5.41, 5.74) is 7.54. The van der Waals surface area contributed by atoms with Crippen molar-refractivity contribution in [2.24, 2.45) is 0 Å². The van der Waals surface area contributed by atoms with E-state index in [-0.39, 0.29) is 0 Å². The van der Waals surface area contributed by atoms with Gasteiger partial charge in [0.05, 0.1) is 0 Å². The minimum atomic E-state index is 0.690. The predicted octanol–water partition coefficient (Wildman–Crippen LogP) is 5.62. The molecule has 0 radical (unpaired) electrons. The third kappa shape index (κ3) is 2.84. The Morgan fingerprint density at radius 1 is 0.926 bits per heavy atom. The normalized spacial score (nSPS) is 14.9. The van der Waals surface area contributed by atoms with Crippen molar-refractivity contribution in [3.05, 3.63) is 89.7 Å². The van der Waals surface area contributed by atoms with Crippen LogP contribution in [-0.4, -0.2) is 15.0 Å². The van der Waals surface area contributed by atoms with Crippen molar-refractivity contribution >= 4 is 28.5 Å². The molecule has 0 saturated heterocycles. The molecule has 1 aromatic heterocycles. The van der Waals surface area contributed by atoms with Crippen LogP contribution in [0.2, 0.25) is 0 Å². The van der Waals surface area contributed by atoms with Crippen molar-refractivity contribution in [2.75, 3.05) is 0 Å². The molecule has 0 amide bonds. The number of nitrogens with zero attached hydrogens (tertiary/aromatic N) is 3. The number of rotatable bonds is 2. The van der Waals surface area contributed by atoms with E-state index in [9.17, 15) is 0 Å². The van der Waals surface area contributed by atoms with Crippen LogP contribution >= 0.6 is 0 Å². The van der Waals surface area contributed by atoms with E-state index in [1.54, 1.807) is 6.33 Å². The maximum Gasteiger partial charge on any atom is 0.164 e. The zero-order chi connectivity index (χ0) is 18.1. The third-order valence-electron chi connectivity index (χ3n) is 4.88. The molecule has 0 spiro atoms. The molecule has 0 atom stereocenters. The second-order valence-electron chi connectivity index (χ2n) is 6.58. The second-order valence-corrected chi connectivity index (χ2v) is 6.58. The highest BCUT2D eigenvalue weighted by molar-refractivity contribution is 5.99. The Labute approximate surface area is 157 Å². The van der Waals surface area contributed by atoms with Gasteiger partial charge in [0.1, 0.15) is 6.33 Å². The van der Waals surface area contributed by atoms with Crippen molar-refractivity contribution < 1.29 is 0 Å². The SMILES string of the molecule is C1=CC=Cc2c(c(-c3ncnc(C4=CCCC=C4)n3)cc3ccccc23)C=1. The second kappa shape index (κ2) is 6.64. The van der Waals surface area contributed by atoms with Gasteiger partial charge in [0.25, 0.3) is 0 Å². The van der Waals surface area contributed by atoms with Crippen LogP contribution in [0.15, 0.2) is 72.8 Å². The first-order valence-electron chi connectivity index (χ1n) is 9.11. The van der Waals surface area contributed by atoms with E-state index in [0.717, 1.165) is 35.4 Å². The summed E-state index contributed by atoms with van der Waals surface area (Å²) in [5, 5.41) is 2.39. The van der Waals surface area contributed by atoms with Gasteiger partial charge in [0.15, 0.2) is 11.6 Å². The van der Waals surface area contributed by atoms with E-state index in [4.69, 9.17) is 4.98 Å². The summed E-state index contributed by atoms with van der Waals surface area (Å²) in [6, 6.07) is 10.6. The van der Waals surface area contributed by atoms with Gasteiger partial charge in [-0.2, -0.15) is 0 Å². The fourth-order valence-electron chi connectivity index (χ4n) is 3.59. The van der Waals surface area contributed by atoms with Crippen molar-refractivity contribution in [1.82, 2.24) is 15.0 Å². The highest BCUT2D eigenvalue weighted by Crippen LogP contribution is 2.34. The molecule has 3 heteroatoms. The maximum absolute atomic E-state index is 4.79. The largest absolute Gasteiger partial charge is 0.217 e. The van der Waals surface area contributed by atoms with Crippen LogP contribution in [0.5, 0.6) is 0 Å². The zero-order valence-electron chi connectivity index (χ0n) is 14.8. The van der Waals surface area contributed by atoms with Crippen LogP contribution in [0.25, 0.3) is 39.9 Å². The molecule has 0 N–H and O–H groups in total. The molecule has 0 fully saturated rings. The number of aromatic nitrogens is 3. The first kappa shape index (κ1) is 15.7. The van der Waals surface area contributed by atoms with Crippen LogP contribution in [-0.2, 0) is 0 Å². The summed E-state index contributed by atoms with van der Waals surface area (Å²) in [7, 11) is 0. The van der Waals surface area contributed by atoms with Crippen LogP contribution in [0.4, 0.5) is 0 Å². The lowest BCUT2D eigenvalue weighted by molar-refractivity contribution is 1.00. The van der Waals surface area contributed by atoms with Gasteiger partial charge in [-0.1, -0.05) is 54.6 Å². The lowest BCUT2D eigenvalue weighted by Gasteiger charge is -2.13. The molecule has 2 aliphatic carbocycles. The van der Waals surface area contributed by atoms with Gasteiger partial charge in [0.2, 0.25) is 0 Å². The van der Waals surface area contributed by atoms with E-state index in [1.165, 1.54) is 16.3 Å². The molecule has 0 bridgehead atoms. The lowest BCUT2D eigenvalue weighted by Crippen LogP contribution is -2.01. The molecule has 0 aliphatic heterocycles. The maximum atomic E-state index is 4.79. The summed E-state index contributed by atoms with van der Waals surface area (Å²) in [6.07, 6.45) is 18.2. The molecule has 5 rings (SSSR count). The van der Waals surface area contributed by atoms with E-state index < -0.39 is 0 Å². The molecule has 1 heterocycles. The van der Waals surface area contributed by atoms with Gasteiger partial charge in [-0.25, -0.2) is 15.0 Å². The number of benzene rings is 2. The van der Waals surface area contributed by atoms with Gasteiger partial charge in [-0.15, -0.1) is 5.73 Å². The number of fused-ring (bicyclic) bond motifs is 3. The monoisotopic (exact) mass is 347 g/mol. The lowest BCUT2D eigenvalue weighted by atomic mass is 9.93. The average molecular weight is 347 g/mol. The standard InChI is InChI=1S/C24H17N3/c1-3-9-17(10-4-1)23-25-16-26-24(27-23)22-15-18-11-7-8-12-19(18)20-13-5-2-6-14-21(20)22/h2-3,5,7-16H,1,4H2. The summed E-state index contributed by atoms with van der Waals surface area (Å²) < 4.78 is 0. The van der Waals surface area contributed by atoms with Gasteiger partial charge in [-0.05, 0) is 47.4 Å². The number of hydrogen-bond donors (Lipinski definition) is 0. The Hall–Kier alpha value is -3.55. The number of hydrogen-bond acceptors (Lipinski definition) is 3. The van der Waals surface area contributed by atoms with Crippen LogP contribution in [0.3, 0.4) is 0 Å². The van der Waals surface area contributed by atoms with Crippen LogP contribution in [0.1, 0.15) is 29.8 Å².